The van der Waals surface area contributed by atoms with Crippen LogP contribution in [0.5, 0.6) is 0 Å². The highest BCUT2D eigenvalue weighted by Crippen LogP contribution is 2.24. The molecular weight excluding hydrogens is 495 g/mol. The Morgan fingerprint density at radius 1 is 1.00 bits per heavy atom. The Bertz CT molecular complexity index is 1190. The van der Waals surface area contributed by atoms with Gasteiger partial charge in [0, 0.05) is 17.3 Å². The second kappa shape index (κ2) is 12.2. The van der Waals surface area contributed by atoms with Gasteiger partial charge >= 0.3 is 0 Å². The number of aryl methyl sites for hydroxylation is 1. The van der Waals surface area contributed by atoms with Crippen LogP contribution in [0.4, 0.5) is 10.1 Å². The molecule has 5 nitrogen and oxygen atoms in total. The number of carbonyl (C=O) groups excluding carboxylic acids is 1. The van der Waals surface area contributed by atoms with Gasteiger partial charge < -0.3 is 5.32 Å². The third kappa shape index (κ3) is 7.48. The van der Waals surface area contributed by atoms with Crippen LogP contribution in [0.25, 0.3) is 0 Å². The van der Waals surface area contributed by atoms with Crippen LogP contribution in [0.15, 0.2) is 77.7 Å². The van der Waals surface area contributed by atoms with E-state index in [-0.39, 0.29) is 11.4 Å². The van der Waals surface area contributed by atoms with E-state index in [0.717, 1.165) is 39.9 Å². The molecule has 0 aliphatic rings. The monoisotopic (exact) mass is 520 g/mol. The first-order valence-electron chi connectivity index (χ1n) is 10.7. The molecule has 3 rings (SSSR count). The van der Waals surface area contributed by atoms with Gasteiger partial charge in [-0.2, -0.15) is 11.8 Å². The van der Waals surface area contributed by atoms with Crippen molar-refractivity contribution < 1.29 is 17.6 Å². The number of sulfonamides is 1. The van der Waals surface area contributed by atoms with E-state index >= 15 is 0 Å². The van der Waals surface area contributed by atoms with E-state index in [1.807, 2.05) is 31.2 Å². The third-order valence-corrected chi connectivity index (χ3v) is 8.14. The van der Waals surface area contributed by atoms with Gasteiger partial charge in [-0.15, -0.1) is 0 Å². The van der Waals surface area contributed by atoms with Crippen molar-refractivity contribution in [1.29, 1.82) is 0 Å². The SMILES string of the molecule is Cc1ccc(N(CC(=O)NCCCSCc2ccc(Cl)cc2)S(=O)(=O)c2ccc(F)cc2)cc1. The third-order valence-electron chi connectivity index (χ3n) is 4.98. The summed E-state index contributed by atoms with van der Waals surface area (Å²) in [7, 11) is -4.06. The van der Waals surface area contributed by atoms with Crippen molar-refractivity contribution in [1.82, 2.24) is 5.32 Å². The van der Waals surface area contributed by atoms with Gasteiger partial charge in [0.1, 0.15) is 12.4 Å². The average molecular weight is 521 g/mol. The number of benzene rings is 3. The van der Waals surface area contributed by atoms with E-state index in [2.05, 4.69) is 5.32 Å². The van der Waals surface area contributed by atoms with Crippen molar-refractivity contribution in [2.45, 2.75) is 24.0 Å². The number of rotatable bonds is 11. The second-order valence-corrected chi connectivity index (χ2v) is 11.1. The molecule has 3 aromatic rings. The van der Waals surface area contributed by atoms with Gasteiger partial charge in [0.2, 0.25) is 5.91 Å². The minimum Gasteiger partial charge on any atom is -0.354 e. The minimum atomic E-state index is -4.06. The van der Waals surface area contributed by atoms with Crippen LogP contribution in [0.1, 0.15) is 17.5 Å². The highest BCUT2D eigenvalue weighted by atomic mass is 35.5. The van der Waals surface area contributed by atoms with Crippen molar-refractivity contribution in [3.05, 3.63) is 94.8 Å². The summed E-state index contributed by atoms with van der Waals surface area (Å²) in [6.45, 7) is 1.95. The molecular formula is C25H26ClFN2O3S2. The predicted molar refractivity (Wildman–Crippen MR) is 137 cm³/mol. The molecule has 0 bridgehead atoms. The number of anilines is 1. The van der Waals surface area contributed by atoms with Crippen LogP contribution < -0.4 is 9.62 Å². The zero-order valence-electron chi connectivity index (χ0n) is 18.7. The highest BCUT2D eigenvalue weighted by Gasteiger charge is 2.27. The van der Waals surface area contributed by atoms with Crippen molar-refractivity contribution >= 4 is 45.0 Å². The molecule has 1 amide bonds. The Kier molecular flexibility index (Phi) is 9.38. The molecule has 1 N–H and O–H groups in total. The molecule has 0 aliphatic carbocycles. The zero-order chi connectivity index (χ0) is 24.6. The Labute approximate surface area is 209 Å². The van der Waals surface area contributed by atoms with E-state index in [4.69, 9.17) is 11.6 Å². The van der Waals surface area contributed by atoms with Crippen molar-refractivity contribution in [3.8, 4) is 0 Å². The molecule has 9 heteroatoms. The molecule has 0 aromatic heterocycles. The molecule has 0 aliphatic heterocycles. The molecule has 180 valence electrons. The molecule has 0 spiro atoms. The highest BCUT2D eigenvalue weighted by molar-refractivity contribution is 7.98. The fraction of sp³-hybridized carbons (Fsp3) is 0.240. The average Bonchev–Trinajstić information content (AvgIpc) is 2.82. The molecule has 0 atom stereocenters. The van der Waals surface area contributed by atoms with Crippen molar-refractivity contribution in [3.63, 3.8) is 0 Å². The number of hydrogen-bond acceptors (Lipinski definition) is 4. The van der Waals surface area contributed by atoms with Crippen molar-refractivity contribution in [2.75, 3.05) is 23.1 Å². The Balaban J connectivity index is 1.57. The lowest BCUT2D eigenvalue weighted by Gasteiger charge is -2.24. The summed E-state index contributed by atoms with van der Waals surface area (Å²) in [4.78, 5) is 12.5. The summed E-state index contributed by atoms with van der Waals surface area (Å²) in [6, 6.07) is 19.1. The van der Waals surface area contributed by atoms with E-state index < -0.39 is 21.7 Å². The van der Waals surface area contributed by atoms with Crippen LogP contribution in [-0.4, -0.2) is 33.2 Å². The summed E-state index contributed by atoms with van der Waals surface area (Å²) in [5.74, 6) is 0.752. The Morgan fingerprint density at radius 3 is 2.29 bits per heavy atom. The smallest absolute Gasteiger partial charge is 0.264 e. The number of hydrogen-bond donors (Lipinski definition) is 1. The van der Waals surface area contributed by atoms with Crippen LogP contribution in [0, 0.1) is 12.7 Å². The van der Waals surface area contributed by atoms with Crippen LogP contribution >= 0.6 is 23.4 Å². The molecule has 0 saturated carbocycles. The van der Waals surface area contributed by atoms with Crippen LogP contribution in [-0.2, 0) is 20.6 Å². The van der Waals surface area contributed by atoms with Crippen LogP contribution in [0.3, 0.4) is 0 Å². The number of amides is 1. The number of nitrogens with zero attached hydrogens (tertiary/aromatic N) is 1. The van der Waals surface area contributed by atoms with Crippen LogP contribution in [0.2, 0.25) is 5.02 Å². The van der Waals surface area contributed by atoms with Gasteiger partial charge in [-0.1, -0.05) is 41.4 Å². The normalized spacial score (nSPS) is 11.3. The van der Waals surface area contributed by atoms with E-state index in [1.165, 1.54) is 17.7 Å². The summed E-state index contributed by atoms with van der Waals surface area (Å²) >= 11 is 7.64. The minimum absolute atomic E-state index is 0.0825. The molecule has 0 fully saturated rings. The number of nitrogens with one attached hydrogen (secondary N) is 1. The first-order chi connectivity index (χ1) is 16.3. The van der Waals surface area contributed by atoms with Gasteiger partial charge in [-0.3, -0.25) is 9.10 Å². The molecule has 0 saturated heterocycles. The topological polar surface area (TPSA) is 66.5 Å². The van der Waals surface area contributed by atoms with Gasteiger partial charge in [0.15, 0.2) is 0 Å². The summed E-state index contributed by atoms with van der Waals surface area (Å²) in [5, 5.41) is 3.50. The Morgan fingerprint density at radius 2 is 1.65 bits per heavy atom. The van der Waals surface area contributed by atoms with Gasteiger partial charge in [0.05, 0.1) is 10.6 Å². The quantitative estimate of drug-likeness (QED) is 0.343. The first kappa shape index (κ1) is 26.1. The molecule has 0 heterocycles. The molecule has 34 heavy (non-hydrogen) atoms. The number of carbonyl (C=O) groups is 1. The van der Waals surface area contributed by atoms with Gasteiger partial charge in [0.25, 0.3) is 10.0 Å². The maximum absolute atomic E-state index is 13.3. The molecule has 0 unspecified atom stereocenters. The standard InChI is InChI=1S/C25H26ClFN2O3S2/c1-19-3-11-23(12-4-19)29(34(31,32)24-13-9-22(27)10-14-24)17-25(30)28-15-2-16-33-18-20-5-7-21(26)8-6-20/h3-14H,2,15-18H2,1H3,(H,28,30). The van der Waals surface area contributed by atoms with E-state index in [0.29, 0.717) is 17.3 Å². The van der Waals surface area contributed by atoms with E-state index in [9.17, 15) is 17.6 Å². The fourth-order valence-electron chi connectivity index (χ4n) is 3.12. The maximum atomic E-state index is 13.3. The predicted octanol–water partition coefficient (Wildman–Crippen LogP) is 5.42. The maximum Gasteiger partial charge on any atom is 0.264 e. The number of halogens is 2. The fourth-order valence-corrected chi connectivity index (χ4v) is 5.59. The zero-order valence-corrected chi connectivity index (χ0v) is 21.1. The summed E-state index contributed by atoms with van der Waals surface area (Å²) < 4.78 is 40.9. The first-order valence-corrected chi connectivity index (χ1v) is 13.7. The lowest BCUT2D eigenvalue weighted by atomic mass is 10.2. The lowest BCUT2D eigenvalue weighted by molar-refractivity contribution is -0.119. The summed E-state index contributed by atoms with van der Waals surface area (Å²) in [5.41, 5.74) is 2.50. The van der Waals surface area contributed by atoms with Gasteiger partial charge in [-0.25, -0.2) is 12.8 Å². The van der Waals surface area contributed by atoms with Crippen molar-refractivity contribution in [2.24, 2.45) is 0 Å². The van der Waals surface area contributed by atoms with E-state index in [1.54, 1.807) is 36.0 Å². The second-order valence-electron chi connectivity index (χ2n) is 7.68. The summed E-state index contributed by atoms with van der Waals surface area (Å²) in [6.07, 6.45) is 0.749. The molecule has 3 aromatic carbocycles. The van der Waals surface area contributed by atoms with Gasteiger partial charge in [-0.05, 0) is 73.2 Å². The number of thioether (sulfide) groups is 1. The molecule has 0 radical (unpaired) electrons. The Hall–Kier alpha value is -2.55. The largest absolute Gasteiger partial charge is 0.354 e. The lowest BCUT2D eigenvalue weighted by Crippen LogP contribution is -2.41.